The first-order chi connectivity index (χ1) is 8.60. The Kier molecular flexibility index (Phi) is 8.89. The van der Waals surface area contributed by atoms with Crippen molar-refractivity contribution in [2.24, 2.45) is 0 Å². The highest BCUT2D eigenvalue weighted by Gasteiger charge is 1.98. The molecule has 0 bridgehead atoms. The average molecular weight is 255 g/mol. The second kappa shape index (κ2) is 10.1. The molecule has 0 aliphatic carbocycles. The molecule has 0 saturated carbocycles. The minimum absolute atomic E-state index is 0.290. The van der Waals surface area contributed by atoms with Crippen molar-refractivity contribution in [2.75, 3.05) is 20.3 Å². The van der Waals surface area contributed by atoms with Gasteiger partial charge in [-0.3, -0.25) is 4.79 Å². The van der Waals surface area contributed by atoms with E-state index in [0.717, 1.165) is 18.2 Å². The molecule has 0 aromatic rings. The lowest BCUT2D eigenvalue weighted by Gasteiger charge is -2.03. The lowest BCUT2D eigenvalue weighted by atomic mass is 10.3. The third-order valence-corrected chi connectivity index (χ3v) is 1.85. The van der Waals surface area contributed by atoms with Gasteiger partial charge in [-0.05, 0) is 12.8 Å². The molecule has 0 atom stereocenters. The van der Waals surface area contributed by atoms with Crippen LogP contribution >= 0.6 is 0 Å². The summed E-state index contributed by atoms with van der Waals surface area (Å²) in [4.78, 5) is 32.5. The number of nitrogens with one attached hydrogen (secondary N) is 1. The van der Waals surface area contributed by atoms with Crippen LogP contribution < -0.4 is 5.32 Å². The molecule has 0 saturated heterocycles. The summed E-state index contributed by atoms with van der Waals surface area (Å²) in [6, 6.07) is 0. The van der Waals surface area contributed by atoms with Gasteiger partial charge < -0.3 is 14.8 Å². The molecular formula is C12H17NO5. The van der Waals surface area contributed by atoms with Crippen molar-refractivity contribution in [2.45, 2.75) is 12.8 Å². The van der Waals surface area contributed by atoms with Crippen LogP contribution in [0, 0.1) is 0 Å². The maximum absolute atomic E-state index is 11.1. The van der Waals surface area contributed by atoms with Crippen LogP contribution in [0.1, 0.15) is 12.8 Å². The lowest BCUT2D eigenvalue weighted by Crippen LogP contribution is -2.22. The minimum atomic E-state index is -0.582. The first-order valence-electron chi connectivity index (χ1n) is 5.43. The van der Waals surface area contributed by atoms with Gasteiger partial charge in [0.2, 0.25) is 5.91 Å². The molecule has 0 radical (unpaired) electrons. The first kappa shape index (κ1) is 15.9. The van der Waals surface area contributed by atoms with E-state index < -0.39 is 11.9 Å². The fraction of sp³-hybridized carbons (Fsp3) is 0.417. The van der Waals surface area contributed by atoms with Crippen LogP contribution in [-0.2, 0) is 23.9 Å². The number of methoxy groups -OCH3 is 1. The van der Waals surface area contributed by atoms with E-state index in [1.54, 1.807) is 0 Å². The number of esters is 2. The summed E-state index contributed by atoms with van der Waals surface area (Å²) in [5.41, 5.74) is 0. The van der Waals surface area contributed by atoms with Crippen LogP contribution in [-0.4, -0.2) is 38.1 Å². The van der Waals surface area contributed by atoms with Gasteiger partial charge in [0.25, 0.3) is 0 Å². The zero-order valence-electron chi connectivity index (χ0n) is 10.3. The van der Waals surface area contributed by atoms with E-state index in [0.29, 0.717) is 26.0 Å². The summed E-state index contributed by atoms with van der Waals surface area (Å²) in [7, 11) is 1.23. The Bertz CT molecular complexity index is 335. The zero-order valence-corrected chi connectivity index (χ0v) is 10.3. The molecule has 100 valence electrons. The standard InChI is InChI=1S/C12H17NO5/c1-3-11(15)18-9-5-4-8-13-10(14)6-7-12(16)17-2/h3,6-7H,1,4-5,8-9H2,2H3,(H,13,14)/b7-6+. The van der Waals surface area contributed by atoms with Crippen molar-refractivity contribution in [1.29, 1.82) is 0 Å². The summed E-state index contributed by atoms with van der Waals surface area (Å²) in [6.07, 6.45) is 4.55. The molecule has 0 rings (SSSR count). The molecule has 1 N–H and O–H groups in total. The molecule has 0 aromatic carbocycles. The van der Waals surface area contributed by atoms with E-state index in [4.69, 9.17) is 4.74 Å². The monoisotopic (exact) mass is 255 g/mol. The highest BCUT2D eigenvalue weighted by molar-refractivity contribution is 5.94. The minimum Gasteiger partial charge on any atom is -0.466 e. The van der Waals surface area contributed by atoms with Crippen LogP contribution in [0.15, 0.2) is 24.8 Å². The number of carbonyl (C=O) groups is 3. The molecule has 0 unspecified atom stereocenters. The van der Waals surface area contributed by atoms with Gasteiger partial charge in [-0.25, -0.2) is 9.59 Å². The third-order valence-electron chi connectivity index (χ3n) is 1.85. The molecular weight excluding hydrogens is 238 g/mol. The summed E-state index contributed by atoms with van der Waals surface area (Å²) in [6.45, 7) is 3.99. The van der Waals surface area contributed by atoms with E-state index in [-0.39, 0.29) is 5.91 Å². The van der Waals surface area contributed by atoms with Gasteiger partial charge in [-0.2, -0.15) is 0 Å². The van der Waals surface area contributed by atoms with E-state index in [1.807, 2.05) is 0 Å². The predicted octanol–water partition coefficient (Wildman–Crippen LogP) is 0.341. The lowest BCUT2D eigenvalue weighted by molar-refractivity contribution is -0.138. The van der Waals surface area contributed by atoms with Crippen molar-refractivity contribution in [1.82, 2.24) is 5.32 Å². The molecule has 6 nitrogen and oxygen atoms in total. The van der Waals surface area contributed by atoms with E-state index >= 15 is 0 Å². The highest BCUT2D eigenvalue weighted by atomic mass is 16.5. The Labute approximate surface area is 106 Å². The van der Waals surface area contributed by atoms with Crippen LogP contribution in [0.25, 0.3) is 0 Å². The maximum Gasteiger partial charge on any atom is 0.330 e. The fourth-order valence-electron chi connectivity index (χ4n) is 0.941. The van der Waals surface area contributed by atoms with Gasteiger partial charge in [0.05, 0.1) is 13.7 Å². The van der Waals surface area contributed by atoms with Crippen LogP contribution in [0.2, 0.25) is 0 Å². The summed E-state index contributed by atoms with van der Waals surface area (Å²) >= 11 is 0. The van der Waals surface area contributed by atoms with Crippen molar-refractivity contribution >= 4 is 17.8 Å². The first-order valence-corrected chi connectivity index (χ1v) is 5.43. The molecule has 6 heteroatoms. The molecule has 0 fully saturated rings. The Hall–Kier alpha value is -2.11. The topological polar surface area (TPSA) is 81.7 Å². The molecule has 0 aromatic heterocycles. The maximum atomic E-state index is 11.1. The largest absolute Gasteiger partial charge is 0.466 e. The average Bonchev–Trinajstić information content (AvgIpc) is 2.39. The Morgan fingerprint density at radius 2 is 1.89 bits per heavy atom. The molecule has 18 heavy (non-hydrogen) atoms. The molecule has 1 amide bonds. The quantitative estimate of drug-likeness (QED) is 0.384. The van der Waals surface area contributed by atoms with Gasteiger partial charge in [-0.15, -0.1) is 0 Å². The van der Waals surface area contributed by atoms with Crippen molar-refractivity contribution in [3.8, 4) is 0 Å². The number of rotatable bonds is 8. The van der Waals surface area contributed by atoms with Crippen molar-refractivity contribution in [3.05, 3.63) is 24.8 Å². The van der Waals surface area contributed by atoms with E-state index in [1.165, 1.54) is 7.11 Å². The van der Waals surface area contributed by atoms with Gasteiger partial charge in [-0.1, -0.05) is 6.58 Å². The number of amides is 1. The Morgan fingerprint density at radius 3 is 2.50 bits per heavy atom. The van der Waals surface area contributed by atoms with Crippen molar-refractivity contribution in [3.63, 3.8) is 0 Å². The summed E-state index contributed by atoms with van der Waals surface area (Å²) < 4.78 is 9.08. The Morgan fingerprint density at radius 1 is 1.17 bits per heavy atom. The number of hydrogen-bond acceptors (Lipinski definition) is 5. The highest BCUT2D eigenvalue weighted by Crippen LogP contribution is 1.90. The van der Waals surface area contributed by atoms with E-state index in [9.17, 15) is 14.4 Å². The van der Waals surface area contributed by atoms with Crippen LogP contribution in [0.5, 0.6) is 0 Å². The van der Waals surface area contributed by atoms with Gasteiger partial charge in [0, 0.05) is 24.8 Å². The number of hydrogen-bond donors (Lipinski definition) is 1. The van der Waals surface area contributed by atoms with Crippen LogP contribution in [0.3, 0.4) is 0 Å². The van der Waals surface area contributed by atoms with Gasteiger partial charge in [0.15, 0.2) is 0 Å². The predicted molar refractivity (Wildman–Crippen MR) is 64.6 cm³/mol. The van der Waals surface area contributed by atoms with Gasteiger partial charge in [0.1, 0.15) is 0 Å². The second-order valence-electron chi connectivity index (χ2n) is 3.23. The molecule has 0 aliphatic rings. The van der Waals surface area contributed by atoms with Crippen molar-refractivity contribution < 1.29 is 23.9 Å². The molecule has 0 aliphatic heterocycles. The normalized spacial score (nSPS) is 9.83. The number of carbonyl (C=O) groups excluding carboxylic acids is 3. The summed E-state index contributed by atoms with van der Waals surface area (Å²) in [5.74, 6) is -1.41. The number of ether oxygens (including phenoxy) is 2. The second-order valence-corrected chi connectivity index (χ2v) is 3.23. The summed E-state index contributed by atoms with van der Waals surface area (Å²) in [5, 5.41) is 2.57. The SMILES string of the molecule is C=CC(=O)OCCCCNC(=O)/C=C/C(=O)OC. The zero-order chi connectivity index (χ0) is 13.8. The smallest absolute Gasteiger partial charge is 0.330 e. The Balaban J connectivity index is 3.52. The fourth-order valence-corrected chi connectivity index (χ4v) is 0.941. The van der Waals surface area contributed by atoms with Gasteiger partial charge >= 0.3 is 11.9 Å². The van der Waals surface area contributed by atoms with E-state index in [2.05, 4.69) is 16.6 Å². The third kappa shape index (κ3) is 9.14. The number of unbranched alkanes of at least 4 members (excludes halogenated alkanes) is 1. The van der Waals surface area contributed by atoms with Crippen LogP contribution in [0.4, 0.5) is 0 Å². The molecule has 0 spiro atoms. The molecule has 0 heterocycles.